The third-order valence-corrected chi connectivity index (χ3v) is 6.80. The molecule has 1 amide bonds. The van der Waals surface area contributed by atoms with Gasteiger partial charge in [0.1, 0.15) is 0 Å². The molecule has 0 aromatic heterocycles. The molecular weight excluding hydrogens is 418 g/mol. The first-order valence-electron chi connectivity index (χ1n) is 11.9. The lowest BCUT2D eigenvalue weighted by Gasteiger charge is -2.34. The van der Waals surface area contributed by atoms with Gasteiger partial charge in [-0.05, 0) is 60.8 Å². The minimum absolute atomic E-state index is 0.0600. The number of nitrogens with one attached hydrogen (secondary N) is 1. The van der Waals surface area contributed by atoms with E-state index in [2.05, 4.69) is 22.3 Å². The Hall–Kier alpha value is -2.90. The normalized spacial score (nSPS) is 18.0. The Balaban J connectivity index is 1.08. The molecular formula is C26H31N3O4. The van der Waals surface area contributed by atoms with Gasteiger partial charge in [-0.2, -0.15) is 0 Å². The summed E-state index contributed by atoms with van der Waals surface area (Å²) in [5.41, 5.74) is 4.50. The summed E-state index contributed by atoms with van der Waals surface area (Å²) >= 11 is 0. The number of carbonyl (C=O) groups excluding carboxylic acids is 2. The Morgan fingerprint density at radius 2 is 1.64 bits per heavy atom. The lowest BCUT2D eigenvalue weighted by molar-refractivity contribution is -0.132. The number of piperazine rings is 1. The van der Waals surface area contributed by atoms with Crippen molar-refractivity contribution in [2.45, 2.75) is 32.2 Å². The van der Waals surface area contributed by atoms with Crippen LogP contribution in [0.25, 0.3) is 0 Å². The zero-order valence-corrected chi connectivity index (χ0v) is 19.0. The molecule has 1 fully saturated rings. The SMILES string of the molecule is O=C(CCC(=O)N1CCN(Cc2ccc3c(c2)OCO3)CC1)c1ccc2c(c1)CCNCC2. The molecule has 174 valence electrons. The third kappa shape index (κ3) is 5.20. The summed E-state index contributed by atoms with van der Waals surface area (Å²) in [6.07, 6.45) is 2.50. The molecule has 5 rings (SSSR count). The molecule has 0 saturated carbocycles. The van der Waals surface area contributed by atoms with Gasteiger partial charge >= 0.3 is 0 Å². The molecule has 7 nitrogen and oxygen atoms in total. The van der Waals surface area contributed by atoms with Gasteiger partial charge in [0.05, 0.1) is 0 Å². The number of Topliss-reactive ketones (excluding diaryl/α,β-unsaturated/α-hetero) is 1. The number of nitrogens with zero attached hydrogens (tertiary/aromatic N) is 2. The highest BCUT2D eigenvalue weighted by Crippen LogP contribution is 2.32. The van der Waals surface area contributed by atoms with Gasteiger partial charge in [-0.15, -0.1) is 0 Å². The summed E-state index contributed by atoms with van der Waals surface area (Å²) in [7, 11) is 0. The molecule has 2 aromatic carbocycles. The fourth-order valence-corrected chi connectivity index (χ4v) is 4.82. The molecule has 0 bridgehead atoms. The highest BCUT2D eigenvalue weighted by Gasteiger charge is 2.23. The van der Waals surface area contributed by atoms with Crippen LogP contribution < -0.4 is 14.8 Å². The minimum atomic E-state index is 0.0600. The van der Waals surface area contributed by atoms with E-state index < -0.39 is 0 Å². The number of rotatable bonds is 6. The van der Waals surface area contributed by atoms with E-state index in [0.717, 1.165) is 62.6 Å². The second-order valence-electron chi connectivity index (χ2n) is 9.00. The highest BCUT2D eigenvalue weighted by molar-refractivity contribution is 5.98. The van der Waals surface area contributed by atoms with Crippen molar-refractivity contribution < 1.29 is 19.1 Å². The van der Waals surface area contributed by atoms with E-state index >= 15 is 0 Å². The van der Waals surface area contributed by atoms with E-state index in [4.69, 9.17) is 9.47 Å². The van der Waals surface area contributed by atoms with E-state index in [1.165, 1.54) is 16.7 Å². The first-order chi connectivity index (χ1) is 16.2. The number of fused-ring (bicyclic) bond motifs is 2. The van der Waals surface area contributed by atoms with Crippen molar-refractivity contribution in [1.82, 2.24) is 15.1 Å². The maximum absolute atomic E-state index is 12.7. The van der Waals surface area contributed by atoms with Crippen molar-refractivity contribution in [2.75, 3.05) is 46.1 Å². The molecule has 0 atom stereocenters. The lowest BCUT2D eigenvalue weighted by Crippen LogP contribution is -2.48. The molecule has 7 heteroatoms. The molecule has 3 aliphatic heterocycles. The van der Waals surface area contributed by atoms with Crippen LogP contribution in [0, 0.1) is 0 Å². The first kappa shape index (κ1) is 21.9. The monoisotopic (exact) mass is 449 g/mol. The quantitative estimate of drug-likeness (QED) is 0.683. The van der Waals surface area contributed by atoms with Crippen molar-refractivity contribution in [1.29, 1.82) is 0 Å². The third-order valence-electron chi connectivity index (χ3n) is 6.80. The molecule has 0 radical (unpaired) electrons. The van der Waals surface area contributed by atoms with E-state index in [1.807, 2.05) is 29.2 Å². The van der Waals surface area contributed by atoms with Crippen LogP contribution in [0.1, 0.15) is 39.9 Å². The lowest BCUT2D eigenvalue weighted by atomic mass is 9.97. The van der Waals surface area contributed by atoms with Gasteiger partial charge in [0.25, 0.3) is 0 Å². The molecule has 1 N–H and O–H groups in total. The number of amides is 1. The van der Waals surface area contributed by atoms with Crippen LogP contribution >= 0.6 is 0 Å². The van der Waals surface area contributed by atoms with Gasteiger partial charge in [-0.3, -0.25) is 14.5 Å². The van der Waals surface area contributed by atoms with Crippen molar-refractivity contribution in [3.8, 4) is 11.5 Å². The largest absolute Gasteiger partial charge is 0.454 e. The predicted octanol–water partition coefficient (Wildman–Crippen LogP) is 2.41. The van der Waals surface area contributed by atoms with Gasteiger partial charge in [0.15, 0.2) is 17.3 Å². The Morgan fingerprint density at radius 1 is 0.848 bits per heavy atom. The van der Waals surface area contributed by atoms with Crippen molar-refractivity contribution in [3.05, 3.63) is 58.7 Å². The summed E-state index contributed by atoms with van der Waals surface area (Å²) in [5.74, 6) is 1.73. The van der Waals surface area contributed by atoms with Crippen molar-refractivity contribution >= 4 is 11.7 Å². The minimum Gasteiger partial charge on any atom is -0.454 e. The van der Waals surface area contributed by atoms with Crippen LogP contribution in [0.4, 0.5) is 0 Å². The molecule has 0 aliphatic carbocycles. The molecule has 0 spiro atoms. The summed E-state index contributed by atoms with van der Waals surface area (Å²) in [6, 6.07) is 12.1. The summed E-state index contributed by atoms with van der Waals surface area (Å²) in [6.45, 7) is 6.09. The average molecular weight is 450 g/mol. The first-order valence-corrected chi connectivity index (χ1v) is 11.9. The molecule has 3 heterocycles. The smallest absolute Gasteiger partial charge is 0.231 e. The Kier molecular flexibility index (Phi) is 6.60. The van der Waals surface area contributed by atoms with Crippen LogP contribution in [-0.2, 0) is 24.2 Å². The van der Waals surface area contributed by atoms with E-state index in [0.29, 0.717) is 13.1 Å². The van der Waals surface area contributed by atoms with Crippen LogP contribution in [0.5, 0.6) is 11.5 Å². The van der Waals surface area contributed by atoms with Crippen LogP contribution in [0.3, 0.4) is 0 Å². The van der Waals surface area contributed by atoms with Crippen LogP contribution in [0.15, 0.2) is 36.4 Å². The second kappa shape index (κ2) is 9.93. The standard InChI is InChI=1S/C26H31N3O4/c30-23(22-3-2-20-7-9-27-10-8-21(20)16-22)4-6-26(31)29-13-11-28(12-14-29)17-19-1-5-24-25(15-19)33-18-32-24/h1-3,5,15-16,27H,4,6-14,17-18H2. The Bertz CT molecular complexity index is 1030. The molecule has 0 unspecified atom stereocenters. The van der Waals surface area contributed by atoms with E-state index in [-0.39, 0.29) is 31.3 Å². The van der Waals surface area contributed by atoms with Crippen LogP contribution in [-0.4, -0.2) is 67.6 Å². The number of carbonyl (C=O) groups is 2. The van der Waals surface area contributed by atoms with E-state index in [1.54, 1.807) is 0 Å². The fraction of sp³-hybridized carbons (Fsp3) is 0.462. The number of benzene rings is 2. The highest BCUT2D eigenvalue weighted by atomic mass is 16.7. The summed E-state index contributed by atoms with van der Waals surface area (Å²) in [5, 5.41) is 3.40. The number of ether oxygens (including phenoxy) is 2. The molecule has 1 saturated heterocycles. The Morgan fingerprint density at radius 3 is 2.48 bits per heavy atom. The van der Waals surface area contributed by atoms with Gasteiger partial charge in [-0.1, -0.05) is 18.2 Å². The number of hydrogen-bond acceptors (Lipinski definition) is 6. The van der Waals surface area contributed by atoms with Crippen molar-refractivity contribution in [3.63, 3.8) is 0 Å². The maximum Gasteiger partial charge on any atom is 0.231 e. The summed E-state index contributed by atoms with van der Waals surface area (Å²) in [4.78, 5) is 29.7. The zero-order chi connectivity index (χ0) is 22.6. The second-order valence-corrected chi connectivity index (χ2v) is 9.00. The van der Waals surface area contributed by atoms with E-state index in [9.17, 15) is 9.59 Å². The average Bonchev–Trinajstić information content (AvgIpc) is 3.18. The van der Waals surface area contributed by atoms with Gasteiger partial charge < -0.3 is 19.7 Å². The number of ketones is 1. The zero-order valence-electron chi connectivity index (χ0n) is 19.0. The Labute approximate surface area is 194 Å². The van der Waals surface area contributed by atoms with Crippen molar-refractivity contribution in [2.24, 2.45) is 0 Å². The molecule has 33 heavy (non-hydrogen) atoms. The predicted molar refractivity (Wildman–Crippen MR) is 125 cm³/mol. The summed E-state index contributed by atoms with van der Waals surface area (Å²) < 4.78 is 10.8. The van der Waals surface area contributed by atoms with Gasteiger partial charge in [0.2, 0.25) is 12.7 Å². The maximum atomic E-state index is 12.7. The van der Waals surface area contributed by atoms with Gasteiger partial charge in [-0.25, -0.2) is 0 Å². The van der Waals surface area contributed by atoms with Crippen LogP contribution in [0.2, 0.25) is 0 Å². The molecule has 2 aromatic rings. The topological polar surface area (TPSA) is 71.1 Å². The number of hydrogen-bond donors (Lipinski definition) is 1. The van der Waals surface area contributed by atoms with Gasteiger partial charge in [0, 0.05) is 51.1 Å². The fourth-order valence-electron chi connectivity index (χ4n) is 4.82. The molecule has 3 aliphatic rings.